The van der Waals surface area contributed by atoms with Crippen LogP contribution in [0, 0.1) is 13.8 Å². The highest BCUT2D eigenvalue weighted by Gasteiger charge is 2.08. The van der Waals surface area contributed by atoms with Gasteiger partial charge in [0, 0.05) is 11.6 Å². The average Bonchev–Trinajstić information content (AvgIpc) is 2.43. The first-order valence-electron chi connectivity index (χ1n) is 7.13. The van der Waals surface area contributed by atoms with Crippen molar-refractivity contribution < 1.29 is 9.47 Å². The van der Waals surface area contributed by atoms with Gasteiger partial charge in [0.25, 0.3) is 0 Å². The third kappa shape index (κ3) is 3.99. The van der Waals surface area contributed by atoms with Crippen molar-refractivity contribution in [3.63, 3.8) is 0 Å². The van der Waals surface area contributed by atoms with E-state index in [1.54, 1.807) is 7.11 Å². The van der Waals surface area contributed by atoms with E-state index in [-0.39, 0.29) is 6.04 Å². The Balaban J connectivity index is 2.20. The van der Waals surface area contributed by atoms with Crippen molar-refractivity contribution in [1.82, 2.24) is 0 Å². The molecule has 2 N–H and O–H groups in total. The summed E-state index contributed by atoms with van der Waals surface area (Å²) in [6.45, 7) is 6.57. The Morgan fingerprint density at radius 1 is 1.05 bits per heavy atom. The average molecular weight is 285 g/mol. The number of hydrogen-bond acceptors (Lipinski definition) is 3. The first-order valence-corrected chi connectivity index (χ1v) is 7.13. The Kier molecular flexibility index (Phi) is 4.86. The van der Waals surface area contributed by atoms with Crippen molar-refractivity contribution in [1.29, 1.82) is 0 Å². The number of aryl methyl sites for hydroxylation is 2. The van der Waals surface area contributed by atoms with Gasteiger partial charge in [-0.25, -0.2) is 0 Å². The van der Waals surface area contributed by atoms with Crippen LogP contribution in [0.15, 0.2) is 36.4 Å². The van der Waals surface area contributed by atoms with Crippen LogP contribution < -0.4 is 15.2 Å². The van der Waals surface area contributed by atoms with Gasteiger partial charge in [0.1, 0.15) is 18.1 Å². The van der Waals surface area contributed by atoms with Crippen LogP contribution >= 0.6 is 0 Å². The molecule has 0 aliphatic carbocycles. The normalized spacial score (nSPS) is 12.0. The molecule has 2 rings (SSSR count). The molecule has 0 aromatic heterocycles. The van der Waals surface area contributed by atoms with Gasteiger partial charge in [0.05, 0.1) is 7.11 Å². The molecule has 1 atom stereocenters. The molecule has 0 saturated carbocycles. The molecule has 3 nitrogen and oxygen atoms in total. The highest BCUT2D eigenvalue weighted by Crippen LogP contribution is 2.25. The quantitative estimate of drug-likeness (QED) is 0.905. The molecule has 0 aliphatic rings. The molecular weight excluding hydrogens is 262 g/mol. The fraction of sp³-hybridized carbons (Fsp3) is 0.333. The first-order chi connectivity index (χ1) is 9.99. The maximum atomic E-state index is 5.94. The van der Waals surface area contributed by atoms with Crippen LogP contribution in [0.3, 0.4) is 0 Å². The molecule has 2 aromatic carbocycles. The van der Waals surface area contributed by atoms with Gasteiger partial charge in [-0.2, -0.15) is 0 Å². The molecule has 0 fully saturated rings. The van der Waals surface area contributed by atoms with E-state index in [1.165, 1.54) is 11.1 Å². The Hall–Kier alpha value is -2.00. The van der Waals surface area contributed by atoms with Crippen LogP contribution in [-0.2, 0) is 6.61 Å². The first kappa shape index (κ1) is 15.4. The van der Waals surface area contributed by atoms with E-state index >= 15 is 0 Å². The van der Waals surface area contributed by atoms with Crippen molar-refractivity contribution in [3.05, 3.63) is 58.7 Å². The van der Waals surface area contributed by atoms with Crippen LogP contribution in [0.1, 0.15) is 35.2 Å². The number of benzene rings is 2. The lowest BCUT2D eigenvalue weighted by Gasteiger charge is -2.14. The number of hydrogen-bond donors (Lipinski definition) is 1. The molecule has 1 unspecified atom stereocenters. The molecule has 0 saturated heterocycles. The Morgan fingerprint density at radius 3 is 2.29 bits per heavy atom. The molecule has 0 heterocycles. The summed E-state index contributed by atoms with van der Waals surface area (Å²) in [7, 11) is 1.67. The van der Waals surface area contributed by atoms with Gasteiger partial charge in [-0.1, -0.05) is 12.1 Å². The van der Waals surface area contributed by atoms with Gasteiger partial charge in [-0.05, 0) is 61.7 Å². The summed E-state index contributed by atoms with van der Waals surface area (Å²) in [5, 5.41) is 0. The van der Waals surface area contributed by atoms with E-state index in [0.29, 0.717) is 6.61 Å². The number of rotatable bonds is 5. The number of ether oxygens (including phenoxy) is 2. The summed E-state index contributed by atoms with van der Waals surface area (Å²) in [5.41, 5.74) is 10.4. The minimum atomic E-state index is -0.00382. The zero-order valence-corrected chi connectivity index (χ0v) is 13.1. The van der Waals surface area contributed by atoms with E-state index in [0.717, 1.165) is 22.6 Å². The minimum Gasteiger partial charge on any atom is -0.496 e. The van der Waals surface area contributed by atoms with Crippen molar-refractivity contribution in [2.24, 2.45) is 5.73 Å². The van der Waals surface area contributed by atoms with Gasteiger partial charge in [-0.15, -0.1) is 0 Å². The molecule has 0 amide bonds. The Morgan fingerprint density at radius 2 is 1.71 bits per heavy atom. The van der Waals surface area contributed by atoms with Crippen LogP contribution in [0.5, 0.6) is 11.5 Å². The van der Waals surface area contributed by atoms with Gasteiger partial charge in [0.15, 0.2) is 0 Å². The Labute approximate surface area is 126 Å². The van der Waals surface area contributed by atoms with E-state index in [1.807, 2.05) is 37.3 Å². The lowest BCUT2D eigenvalue weighted by atomic mass is 10.1. The van der Waals surface area contributed by atoms with E-state index in [2.05, 4.69) is 19.9 Å². The maximum absolute atomic E-state index is 5.94. The summed E-state index contributed by atoms with van der Waals surface area (Å²) < 4.78 is 11.3. The standard InChI is InChI=1S/C18H23NO2/c1-12-7-13(2)9-17(8-12)21-11-16-10-15(14(3)19)5-6-18(16)20-4/h5-10,14H,11,19H2,1-4H3. The number of methoxy groups -OCH3 is 1. The largest absolute Gasteiger partial charge is 0.496 e. The van der Waals surface area contributed by atoms with Crippen LogP contribution in [0.4, 0.5) is 0 Å². The fourth-order valence-electron chi connectivity index (χ4n) is 2.37. The molecule has 0 aliphatic heterocycles. The van der Waals surface area contributed by atoms with Gasteiger partial charge >= 0.3 is 0 Å². The van der Waals surface area contributed by atoms with Crippen molar-refractivity contribution in [2.75, 3.05) is 7.11 Å². The Bertz CT molecular complexity index is 600. The number of nitrogens with two attached hydrogens (primary N) is 1. The summed E-state index contributed by atoms with van der Waals surface area (Å²) in [6.07, 6.45) is 0. The second kappa shape index (κ2) is 6.64. The summed E-state index contributed by atoms with van der Waals surface area (Å²) in [5.74, 6) is 1.70. The summed E-state index contributed by atoms with van der Waals surface area (Å²) >= 11 is 0. The van der Waals surface area contributed by atoms with Crippen LogP contribution in [0.25, 0.3) is 0 Å². The highest BCUT2D eigenvalue weighted by atomic mass is 16.5. The minimum absolute atomic E-state index is 0.00382. The molecule has 2 aromatic rings. The third-order valence-electron chi connectivity index (χ3n) is 3.42. The van der Waals surface area contributed by atoms with E-state index in [4.69, 9.17) is 15.2 Å². The second-order valence-corrected chi connectivity index (χ2v) is 5.47. The molecule has 0 bridgehead atoms. The SMILES string of the molecule is COc1ccc(C(C)N)cc1COc1cc(C)cc(C)c1. The molecular formula is C18H23NO2. The van der Waals surface area contributed by atoms with Crippen molar-refractivity contribution in [3.8, 4) is 11.5 Å². The predicted octanol–water partition coefficient (Wildman–Crippen LogP) is 3.91. The van der Waals surface area contributed by atoms with Gasteiger partial charge in [-0.3, -0.25) is 0 Å². The van der Waals surface area contributed by atoms with Crippen LogP contribution in [-0.4, -0.2) is 7.11 Å². The van der Waals surface area contributed by atoms with Gasteiger partial charge in [0.2, 0.25) is 0 Å². The van der Waals surface area contributed by atoms with E-state index in [9.17, 15) is 0 Å². The lowest BCUT2D eigenvalue weighted by molar-refractivity contribution is 0.296. The smallest absolute Gasteiger partial charge is 0.125 e. The highest BCUT2D eigenvalue weighted by molar-refractivity contribution is 5.39. The zero-order valence-electron chi connectivity index (χ0n) is 13.1. The molecule has 0 spiro atoms. The third-order valence-corrected chi connectivity index (χ3v) is 3.42. The van der Waals surface area contributed by atoms with Crippen LogP contribution in [0.2, 0.25) is 0 Å². The van der Waals surface area contributed by atoms with Gasteiger partial charge < -0.3 is 15.2 Å². The fourth-order valence-corrected chi connectivity index (χ4v) is 2.37. The van der Waals surface area contributed by atoms with Crippen molar-refractivity contribution in [2.45, 2.75) is 33.4 Å². The second-order valence-electron chi connectivity index (χ2n) is 5.47. The van der Waals surface area contributed by atoms with Crippen molar-refractivity contribution >= 4 is 0 Å². The lowest BCUT2D eigenvalue weighted by Crippen LogP contribution is -2.07. The zero-order chi connectivity index (χ0) is 15.4. The maximum Gasteiger partial charge on any atom is 0.125 e. The molecule has 21 heavy (non-hydrogen) atoms. The summed E-state index contributed by atoms with van der Waals surface area (Å²) in [6, 6.07) is 12.2. The molecule has 112 valence electrons. The molecule has 0 radical (unpaired) electrons. The molecule has 3 heteroatoms. The topological polar surface area (TPSA) is 44.5 Å². The summed E-state index contributed by atoms with van der Waals surface area (Å²) in [4.78, 5) is 0. The predicted molar refractivity (Wildman–Crippen MR) is 85.8 cm³/mol. The van der Waals surface area contributed by atoms with E-state index < -0.39 is 0 Å². The monoisotopic (exact) mass is 285 g/mol.